The van der Waals surface area contributed by atoms with Crippen molar-refractivity contribution in [3.8, 4) is 0 Å². The second-order valence-electron chi connectivity index (χ2n) is 7.96. The molecular formula is C21H28N2O3. The van der Waals surface area contributed by atoms with Crippen LogP contribution in [0.5, 0.6) is 0 Å². The number of carbonyl (C=O) groups excluding carboxylic acids is 1. The number of fused-ring (bicyclic) bond motifs is 1. The molecule has 2 aliphatic rings. The van der Waals surface area contributed by atoms with Gasteiger partial charge >= 0.3 is 0 Å². The Balaban J connectivity index is 1.44. The molecule has 5 nitrogen and oxygen atoms in total. The van der Waals surface area contributed by atoms with E-state index in [0.29, 0.717) is 19.4 Å². The van der Waals surface area contributed by atoms with Crippen LogP contribution in [0.25, 0.3) is 11.0 Å². The smallest absolute Gasteiger partial charge is 0.222 e. The summed E-state index contributed by atoms with van der Waals surface area (Å²) in [6.07, 6.45) is 4.65. The van der Waals surface area contributed by atoms with Gasteiger partial charge in [-0.2, -0.15) is 0 Å². The van der Waals surface area contributed by atoms with E-state index < -0.39 is 0 Å². The van der Waals surface area contributed by atoms with Crippen LogP contribution in [0.1, 0.15) is 37.9 Å². The number of amides is 1. The number of piperidine rings is 2. The maximum atomic E-state index is 12.2. The Kier molecular flexibility index (Phi) is 5.00. The molecule has 0 bridgehead atoms. The first-order chi connectivity index (χ1) is 12.7. The third-order valence-electron chi connectivity index (χ3n) is 5.93. The number of benzene rings is 1. The summed E-state index contributed by atoms with van der Waals surface area (Å²) in [5, 5.41) is 10.3. The molecule has 26 heavy (non-hydrogen) atoms. The normalized spacial score (nSPS) is 24.7. The number of carbonyl (C=O) groups is 1. The first kappa shape index (κ1) is 17.6. The number of hydrogen-bond acceptors (Lipinski definition) is 4. The van der Waals surface area contributed by atoms with Gasteiger partial charge in [0, 0.05) is 43.5 Å². The zero-order valence-corrected chi connectivity index (χ0v) is 15.3. The molecule has 0 unspecified atom stereocenters. The van der Waals surface area contributed by atoms with Crippen LogP contribution >= 0.6 is 0 Å². The second-order valence-corrected chi connectivity index (χ2v) is 7.96. The van der Waals surface area contributed by atoms with Crippen molar-refractivity contribution in [3.63, 3.8) is 0 Å². The Morgan fingerprint density at radius 1 is 1.19 bits per heavy atom. The summed E-state index contributed by atoms with van der Waals surface area (Å²) in [6.45, 7) is 4.61. The van der Waals surface area contributed by atoms with Gasteiger partial charge < -0.3 is 14.4 Å². The Morgan fingerprint density at radius 3 is 2.92 bits per heavy atom. The largest absolute Gasteiger partial charge is 0.460 e. The molecule has 1 spiro atoms. The van der Waals surface area contributed by atoms with E-state index in [1.54, 1.807) is 0 Å². The molecule has 2 aromatic rings. The standard InChI is InChI=1S/C21H28N2O3/c24-12-4-11-23-16-21(9-7-20(23)25)8-3-10-22(15-21)14-18-13-17-5-1-2-6-19(17)26-18/h1-2,5-6,13,24H,3-4,7-12,14-16H2/t21-/m0/s1. The molecule has 5 heteroatoms. The first-order valence-electron chi connectivity index (χ1n) is 9.76. The second kappa shape index (κ2) is 7.41. The summed E-state index contributed by atoms with van der Waals surface area (Å²) < 4.78 is 6.00. The Morgan fingerprint density at radius 2 is 2.08 bits per heavy atom. The predicted molar refractivity (Wildman–Crippen MR) is 101 cm³/mol. The highest BCUT2D eigenvalue weighted by atomic mass is 16.3. The van der Waals surface area contributed by atoms with Gasteiger partial charge in [0.2, 0.25) is 5.91 Å². The minimum atomic E-state index is 0.148. The van der Waals surface area contributed by atoms with Gasteiger partial charge in [0.05, 0.1) is 6.54 Å². The van der Waals surface area contributed by atoms with E-state index in [-0.39, 0.29) is 17.9 Å². The average molecular weight is 356 g/mol. The molecule has 2 fully saturated rings. The molecule has 4 rings (SSSR count). The molecule has 1 aromatic heterocycles. The number of aliphatic hydroxyl groups excluding tert-OH is 1. The third-order valence-corrected chi connectivity index (χ3v) is 5.93. The van der Waals surface area contributed by atoms with Crippen molar-refractivity contribution in [1.29, 1.82) is 0 Å². The number of likely N-dealkylation sites (tertiary alicyclic amines) is 2. The summed E-state index contributed by atoms with van der Waals surface area (Å²) in [6, 6.07) is 10.3. The van der Waals surface area contributed by atoms with Crippen molar-refractivity contribution in [3.05, 3.63) is 36.1 Å². The van der Waals surface area contributed by atoms with E-state index in [1.165, 1.54) is 12.8 Å². The fraction of sp³-hybridized carbons (Fsp3) is 0.571. The van der Waals surface area contributed by atoms with Gasteiger partial charge in [0.15, 0.2) is 0 Å². The fourth-order valence-corrected chi connectivity index (χ4v) is 4.68. The number of aliphatic hydroxyl groups is 1. The zero-order valence-electron chi connectivity index (χ0n) is 15.3. The molecule has 0 aliphatic carbocycles. The molecule has 140 valence electrons. The Labute approximate surface area is 154 Å². The van der Waals surface area contributed by atoms with Crippen molar-refractivity contribution in [2.24, 2.45) is 5.41 Å². The Bertz CT molecular complexity index is 738. The van der Waals surface area contributed by atoms with E-state index in [9.17, 15) is 4.79 Å². The number of para-hydroxylation sites is 1. The van der Waals surface area contributed by atoms with Gasteiger partial charge in [0.25, 0.3) is 0 Å². The van der Waals surface area contributed by atoms with E-state index in [4.69, 9.17) is 9.52 Å². The monoisotopic (exact) mass is 356 g/mol. The topological polar surface area (TPSA) is 56.9 Å². The summed E-state index contributed by atoms with van der Waals surface area (Å²) in [7, 11) is 0. The summed E-state index contributed by atoms with van der Waals surface area (Å²) in [5.74, 6) is 1.27. The maximum Gasteiger partial charge on any atom is 0.222 e. The summed E-state index contributed by atoms with van der Waals surface area (Å²) >= 11 is 0. The number of nitrogens with zero attached hydrogens (tertiary/aromatic N) is 2. The van der Waals surface area contributed by atoms with Crippen molar-refractivity contribution in [2.45, 2.75) is 38.6 Å². The Hall–Kier alpha value is -1.85. The fourth-order valence-electron chi connectivity index (χ4n) is 4.68. The molecule has 2 aliphatic heterocycles. The zero-order chi connectivity index (χ0) is 18.0. The van der Waals surface area contributed by atoms with Crippen molar-refractivity contribution in [2.75, 3.05) is 32.8 Å². The molecule has 0 radical (unpaired) electrons. The highest BCUT2D eigenvalue weighted by Crippen LogP contribution is 2.39. The number of rotatable bonds is 5. The van der Waals surface area contributed by atoms with Crippen LogP contribution in [0.15, 0.2) is 34.7 Å². The van der Waals surface area contributed by atoms with Gasteiger partial charge in [-0.3, -0.25) is 9.69 Å². The van der Waals surface area contributed by atoms with Crippen LogP contribution in [-0.4, -0.2) is 53.6 Å². The van der Waals surface area contributed by atoms with Crippen LogP contribution < -0.4 is 0 Å². The lowest BCUT2D eigenvalue weighted by Crippen LogP contribution is -2.54. The quantitative estimate of drug-likeness (QED) is 0.895. The van der Waals surface area contributed by atoms with Crippen molar-refractivity contribution < 1.29 is 14.3 Å². The number of furan rings is 1. The van der Waals surface area contributed by atoms with Crippen LogP contribution in [0, 0.1) is 5.41 Å². The lowest BCUT2D eigenvalue weighted by molar-refractivity contribution is -0.139. The average Bonchev–Trinajstić information content (AvgIpc) is 3.05. The summed E-state index contributed by atoms with van der Waals surface area (Å²) in [5.41, 5.74) is 1.15. The maximum absolute atomic E-state index is 12.2. The van der Waals surface area contributed by atoms with Crippen molar-refractivity contribution in [1.82, 2.24) is 9.80 Å². The van der Waals surface area contributed by atoms with Gasteiger partial charge in [-0.25, -0.2) is 0 Å². The van der Waals surface area contributed by atoms with Crippen LogP contribution in [0.2, 0.25) is 0 Å². The predicted octanol–water partition coefficient (Wildman–Crippen LogP) is 3.02. The molecule has 2 saturated heterocycles. The highest BCUT2D eigenvalue weighted by molar-refractivity contribution is 5.78. The summed E-state index contributed by atoms with van der Waals surface area (Å²) in [4.78, 5) is 16.7. The van der Waals surface area contributed by atoms with Crippen molar-refractivity contribution >= 4 is 16.9 Å². The van der Waals surface area contributed by atoms with Gasteiger partial charge in [-0.15, -0.1) is 0 Å². The number of hydrogen-bond donors (Lipinski definition) is 1. The van der Waals surface area contributed by atoms with Crippen LogP contribution in [0.4, 0.5) is 0 Å². The van der Waals surface area contributed by atoms with Crippen LogP contribution in [0.3, 0.4) is 0 Å². The molecule has 1 aromatic carbocycles. The lowest BCUT2D eigenvalue weighted by atomic mass is 9.73. The minimum absolute atomic E-state index is 0.148. The van der Waals surface area contributed by atoms with Crippen LogP contribution in [-0.2, 0) is 11.3 Å². The molecule has 0 saturated carbocycles. The molecule has 1 atom stereocenters. The van der Waals surface area contributed by atoms with Gasteiger partial charge in [-0.1, -0.05) is 18.2 Å². The van der Waals surface area contributed by atoms with E-state index >= 15 is 0 Å². The van der Waals surface area contributed by atoms with Gasteiger partial charge in [-0.05, 0) is 44.4 Å². The highest BCUT2D eigenvalue weighted by Gasteiger charge is 2.41. The van der Waals surface area contributed by atoms with E-state index in [1.807, 2.05) is 23.1 Å². The lowest BCUT2D eigenvalue weighted by Gasteiger charge is -2.48. The molecule has 1 amide bonds. The molecule has 3 heterocycles. The molecular weight excluding hydrogens is 328 g/mol. The van der Waals surface area contributed by atoms with E-state index in [0.717, 1.165) is 49.3 Å². The minimum Gasteiger partial charge on any atom is -0.460 e. The molecule has 1 N–H and O–H groups in total. The first-order valence-corrected chi connectivity index (χ1v) is 9.76. The van der Waals surface area contributed by atoms with E-state index in [2.05, 4.69) is 17.0 Å². The SMILES string of the molecule is O=C1CC[C@]2(CCCN(Cc3cc4ccccc4o3)C2)CN1CCCO. The third kappa shape index (κ3) is 3.64. The van der Waals surface area contributed by atoms with Gasteiger partial charge in [0.1, 0.15) is 11.3 Å².